The molecule has 0 aromatic carbocycles. The van der Waals surface area contributed by atoms with E-state index < -0.39 is 0 Å². The second-order valence-corrected chi connectivity index (χ2v) is 5.08. The van der Waals surface area contributed by atoms with Crippen LogP contribution < -0.4 is 29.6 Å². The summed E-state index contributed by atoms with van der Waals surface area (Å²) < 4.78 is 0. The van der Waals surface area contributed by atoms with E-state index >= 15 is 0 Å². The Balaban J connectivity index is 0. The van der Waals surface area contributed by atoms with Gasteiger partial charge in [0.25, 0.3) is 0 Å². The van der Waals surface area contributed by atoms with E-state index in [1.54, 1.807) is 0 Å². The van der Waals surface area contributed by atoms with Crippen molar-refractivity contribution >= 4 is 5.78 Å². The Labute approximate surface area is 105 Å². The maximum absolute atomic E-state index is 11.4. The summed E-state index contributed by atoms with van der Waals surface area (Å²) in [5.41, 5.74) is 0.0532. The molecular weight excluding hydrogens is 173 g/mol. The molecule has 0 aromatic rings. The molecule has 2 nitrogen and oxygen atoms in total. The summed E-state index contributed by atoms with van der Waals surface area (Å²) in [7, 11) is 2.10. The minimum Gasteiger partial charge on any atom is -1.00 e. The van der Waals surface area contributed by atoms with E-state index in [-0.39, 0.29) is 42.1 Å². The normalized spacial score (nSPS) is 26.7. The molecule has 0 aliphatic carbocycles. The summed E-state index contributed by atoms with van der Waals surface area (Å²) in [6.45, 7) is 8.52. The van der Waals surface area contributed by atoms with Crippen LogP contribution in [0.25, 0.3) is 0 Å². The van der Waals surface area contributed by atoms with Gasteiger partial charge in [0.05, 0.1) is 0 Å². The number of Topliss-reactive ketones (excluding diaryl/α,β-unsaturated/α-hetero) is 1. The zero-order chi connectivity index (χ0) is 9.57. The van der Waals surface area contributed by atoms with Crippen LogP contribution >= 0.6 is 0 Å². The zero-order valence-corrected chi connectivity index (χ0v) is 11.8. The van der Waals surface area contributed by atoms with Crippen LogP contribution in [-0.2, 0) is 4.79 Å². The molecule has 0 atom stereocenters. The summed E-state index contributed by atoms with van der Waals surface area (Å²) >= 11 is 0. The third-order valence-corrected chi connectivity index (χ3v) is 3.08. The van der Waals surface area contributed by atoms with Crippen LogP contribution in [0.3, 0.4) is 0 Å². The molecule has 0 spiro atoms. The molecule has 0 amide bonds. The number of piperidine rings is 1. The van der Waals surface area contributed by atoms with Gasteiger partial charge in [-0.25, -0.2) is 0 Å². The molecule has 1 fully saturated rings. The minimum absolute atomic E-state index is 0. The van der Waals surface area contributed by atoms with Gasteiger partial charge in [0.15, 0.2) is 0 Å². The van der Waals surface area contributed by atoms with Crippen LogP contribution in [0.15, 0.2) is 0 Å². The molecule has 0 saturated carbocycles. The van der Waals surface area contributed by atoms with E-state index in [0.29, 0.717) is 18.6 Å². The van der Waals surface area contributed by atoms with Crippen LogP contribution in [0.4, 0.5) is 0 Å². The Bertz CT molecular complexity index is 196. The van der Waals surface area contributed by atoms with Gasteiger partial charge in [0, 0.05) is 23.9 Å². The molecule has 1 saturated heterocycles. The molecule has 3 heteroatoms. The maximum Gasteiger partial charge on any atom is 1.00 e. The molecular formula is C10H20NNaO. The van der Waals surface area contributed by atoms with Crippen molar-refractivity contribution < 1.29 is 35.8 Å². The van der Waals surface area contributed by atoms with Crippen molar-refractivity contribution in [2.75, 3.05) is 7.05 Å². The Morgan fingerprint density at radius 1 is 1.15 bits per heavy atom. The summed E-state index contributed by atoms with van der Waals surface area (Å²) in [4.78, 5) is 13.7. The molecule has 0 aromatic heterocycles. The van der Waals surface area contributed by atoms with Gasteiger partial charge in [0.2, 0.25) is 0 Å². The Hall–Kier alpha value is 0.630. The Morgan fingerprint density at radius 2 is 1.46 bits per heavy atom. The first-order valence-corrected chi connectivity index (χ1v) is 4.51. The van der Waals surface area contributed by atoms with Crippen molar-refractivity contribution in [2.45, 2.75) is 51.6 Å². The maximum atomic E-state index is 11.4. The van der Waals surface area contributed by atoms with Crippen LogP contribution in [-0.4, -0.2) is 28.8 Å². The van der Waals surface area contributed by atoms with E-state index in [1.807, 2.05) is 0 Å². The molecule has 1 rings (SSSR count). The van der Waals surface area contributed by atoms with E-state index in [1.165, 1.54) is 0 Å². The van der Waals surface area contributed by atoms with Crippen LogP contribution in [0.2, 0.25) is 0 Å². The summed E-state index contributed by atoms with van der Waals surface area (Å²) in [6, 6.07) is 0. The average molecular weight is 193 g/mol. The van der Waals surface area contributed by atoms with Crippen molar-refractivity contribution in [3.63, 3.8) is 0 Å². The number of carbonyl (C=O) groups excluding carboxylic acids is 1. The average Bonchev–Trinajstić information content (AvgIpc) is 1.80. The zero-order valence-electron chi connectivity index (χ0n) is 10.8. The van der Waals surface area contributed by atoms with Crippen molar-refractivity contribution in [1.29, 1.82) is 0 Å². The fourth-order valence-electron chi connectivity index (χ4n) is 2.08. The smallest absolute Gasteiger partial charge is 1.00 e. The Kier molecular flexibility index (Phi) is 4.21. The number of hydrogen-bond acceptors (Lipinski definition) is 2. The second kappa shape index (κ2) is 4.01. The molecule has 0 bridgehead atoms. The summed E-state index contributed by atoms with van der Waals surface area (Å²) in [5.74, 6) is 0.392. The van der Waals surface area contributed by atoms with E-state index in [2.05, 4.69) is 39.6 Å². The van der Waals surface area contributed by atoms with Gasteiger partial charge in [-0.1, -0.05) is 0 Å². The van der Waals surface area contributed by atoms with Crippen molar-refractivity contribution in [1.82, 2.24) is 4.90 Å². The predicted molar refractivity (Wildman–Crippen MR) is 51.3 cm³/mol. The summed E-state index contributed by atoms with van der Waals surface area (Å²) in [6.07, 6.45) is 1.37. The Morgan fingerprint density at radius 3 is 1.77 bits per heavy atom. The van der Waals surface area contributed by atoms with E-state index in [9.17, 15) is 4.79 Å². The molecule has 0 radical (unpaired) electrons. The fourth-order valence-corrected chi connectivity index (χ4v) is 2.08. The largest absolute Gasteiger partial charge is 1.00 e. The molecule has 0 N–H and O–H groups in total. The van der Waals surface area contributed by atoms with Crippen molar-refractivity contribution in [2.24, 2.45) is 0 Å². The molecule has 1 aliphatic heterocycles. The van der Waals surface area contributed by atoms with Crippen molar-refractivity contribution in [3.05, 3.63) is 0 Å². The van der Waals surface area contributed by atoms with Gasteiger partial charge in [-0.05, 0) is 34.7 Å². The van der Waals surface area contributed by atoms with Gasteiger partial charge in [0.1, 0.15) is 5.78 Å². The molecule has 1 aliphatic rings. The standard InChI is InChI=1S/C10H19NO.Na.H/c1-9(2)6-8(12)7-10(3,4)11(9)5;;/h6-7H2,1-5H3;;/q;+1;-1. The molecule has 0 unspecified atom stereocenters. The summed E-state index contributed by atoms with van der Waals surface area (Å²) in [5, 5.41) is 0. The number of likely N-dealkylation sites (tertiary alicyclic amines) is 1. The first-order chi connectivity index (χ1) is 5.26. The SMILES string of the molecule is CN1C(C)(C)CC(=O)CC1(C)C.[H-].[Na+]. The van der Waals surface area contributed by atoms with Gasteiger partial charge in [-0.3, -0.25) is 9.69 Å². The minimum atomic E-state index is 0. The number of carbonyl (C=O) groups is 1. The molecule has 1 heterocycles. The van der Waals surface area contributed by atoms with Gasteiger partial charge < -0.3 is 1.43 Å². The fraction of sp³-hybridized carbons (Fsp3) is 0.900. The predicted octanol–water partition coefficient (Wildman–Crippen LogP) is -1.05. The van der Waals surface area contributed by atoms with Crippen LogP contribution in [0.5, 0.6) is 0 Å². The topological polar surface area (TPSA) is 20.3 Å². The van der Waals surface area contributed by atoms with Crippen LogP contribution in [0.1, 0.15) is 42.0 Å². The number of hydrogen-bond donors (Lipinski definition) is 0. The van der Waals surface area contributed by atoms with Gasteiger partial charge in [-0.2, -0.15) is 0 Å². The second-order valence-electron chi connectivity index (χ2n) is 5.08. The van der Waals surface area contributed by atoms with Crippen LogP contribution in [0, 0.1) is 0 Å². The van der Waals surface area contributed by atoms with Gasteiger partial charge >= 0.3 is 29.6 Å². The monoisotopic (exact) mass is 193 g/mol. The van der Waals surface area contributed by atoms with E-state index in [0.717, 1.165) is 0 Å². The number of ketones is 1. The quantitative estimate of drug-likeness (QED) is 0.458. The molecule has 72 valence electrons. The number of nitrogens with zero attached hydrogens (tertiary/aromatic N) is 1. The first-order valence-electron chi connectivity index (χ1n) is 4.51. The third kappa shape index (κ3) is 2.79. The number of rotatable bonds is 0. The van der Waals surface area contributed by atoms with Crippen molar-refractivity contribution in [3.8, 4) is 0 Å². The third-order valence-electron chi connectivity index (χ3n) is 3.08. The molecule has 13 heavy (non-hydrogen) atoms. The van der Waals surface area contributed by atoms with E-state index in [4.69, 9.17) is 0 Å². The first kappa shape index (κ1) is 13.6. The van der Waals surface area contributed by atoms with Gasteiger partial charge in [-0.15, -0.1) is 0 Å².